The molecule has 1 amide bonds. The van der Waals surface area contributed by atoms with Gasteiger partial charge in [0.1, 0.15) is 11.8 Å². The molecule has 3 rings (SSSR count). The Balaban J connectivity index is 1.86. The van der Waals surface area contributed by atoms with Gasteiger partial charge in [0.25, 0.3) is 0 Å². The van der Waals surface area contributed by atoms with Crippen LogP contribution in [0.25, 0.3) is 0 Å². The van der Waals surface area contributed by atoms with Gasteiger partial charge in [0, 0.05) is 13.1 Å². The highest BCUT2D eigenvalue weighted by Crippen LogP contribution is 2.22. The third-order valence-corrected chi connectivity index (χ3v) is 6.94. The SMILES string of the molecule is COc1ccc(S(=O)(=O)N[C@@H](Cc2ccccc2)C(=O)N2CCCCCC2)cc1C. The lowest BCUT2D eigenvalue weighted by molar-refractivity contribution is -0.132. The molecule has 6 nitrogen and oxygen atoms in total. The Morgan fingerprint density at radius 1 is 1.07 bits per heavy atom. The van der Waals surface area contributed by atoms with E-state index in [2.05, 4.69) is 4.72 Å². The molecule has 0 unspecified atom stereocenters. The molecule has 2 aromatic carbocycles. The smallest absolute Gasteiger partial charge is 0.241 e. The average molecular weight is 431 g/mol. The predicted octanol–water partition coefficient (Wildman–Crippen LogP) is 3.30. The zero-order chi connectivity index (χ0) is 21.6. The van der Waals surface area contributed by atoms with Crippen LogP contribution in [0.1, 0.15) is 36.8 Å². The summed E-state index contributed by atoms with van der Waals surface area (Å²) in [5.74, 6) is 0.463. The van der Waals surface area contributed by atoms with Crippen LogP contribution >= 0.6 is 0 Å². The summed E-state index contributed by atoms with van der Waals surface area (Å²) in [5, 5.41) is 0. The van der Waals surface area contributed by atoms with Crippen LogP contribution in [-0.4, -0.2) is 45.5 Å². The van der Waals surface area contributed by atoms with Crippen LogP contribution in [0, 0.1) is 6.92 Å². The first-order valence-electron chi connectivity index (χ1n) is 10.4. The van der Waals surface area contributed by atoms with Crippen molar-refractivity contribution in [3.63, 3.8) is 0 Å². The molecule has 0 aliphatic carbocycles. The topological polar surface area (TPSA) is 75.7 Å². The van der Waals surface area contributed by atoms with Crippen molar-refractivity contribution >= 4 is 15.9 Å². The second-order valence-electron chi connectivity index (χ2n) is 7.73. The first-order valence-corrected chi connectivity index (χ1v) is 11.9. The maximum Gasteiger partial charge on any atom is 0.241 e. The standard InChI is InChI=1S/C23H30N2O4S/c1-18-16-20(12-13-22(18)29-2)30(27,28)24-21(17-19-10-6-5-7-11-19)23(26)25-14-8-3-4-9-15-25/h5-7,10-13,16,21,24H,3-4,8-9,14-15,17H2,1-2H3/t21-/m0/s1. The van der Waals surface area contributed by atoms with Crippen molar-refractivity contribution in [3.05, 3.63) is 59.7 Å². The molecule has 0 saturated carbocycles. The third-order valence-electron chi connectivity index (χ3n) is 5.47. The molecule has 1 aliphatic heterocycles. The molecule has 2 aromatic rings. The van der Waals surface area contributed by atoms with Gasteiger partial charge in [-0.25, -0.2) is 8.42 Å². The van der Waals surface area contributed by atoms with Crippen molar-refractivity contribution in [3.8, 4) is 5.75 Å². The van der Waals surface area contributed by atoms with Crippen LogP contribution in [-0.2, 0) is 21.2 Å². The minimum atomic E-state index is -3.87. The summed E-state index contributed by atoms with van der Waals surface area (Å²) in [7, 11) is -2.33. The van der Waals surface area contributed by atoms with Crippen molar-refractivity contribution in [2.45, 2.75) is 50.0 Å². The number of amides is 1. The van der Waals surface area contributed by atoms with E-state index in [4.69, 9.17) is 4.74 Å². The number of aryl methyl sites for hydroxylation is 1. The van der Waals surface area contributed by atoms with E-state index in [1.165, 1.54) is 6.07 Å². The fraction of sp³-hybridized carbons (Fsp3) is 0.435. The Labute approximate surface area is 179 Å². The number of ether oxygens (including phenoxy) is 1. The number of carbonyl (C=O) groups is 1. The highest BCUT2D eigenvalue weighted by Gasteiger charge is 2.30. The van der Waals surface area contributed by atoms with Gasteiger partial charge in [-0.05, 0) is 55.5 Å². The minimum Gasteiger partial charge on any atom is -0.496 e. The van der Waals surface area contributed by atoms with Crippen LogP contribution in [0.5, 0.6) is 5.75 Å². The molecule has 1 atom stereocenters. The molecule has 30 heavy (non-hydrogen) atoms. The van der Waals surface area contributed by atoms with Crippen molar-refractivity contribution in [2.24, 2.45) is 0 Å². The van der Waals surface area contributed by atoms with Gasteiger partial charge in [-0.15, -0.1) is 0 Å². The molecule has 1 heterocycles. The first kappa shape index (κ1) is 22.3. The van der Waals surface area contributed by atoms with Gasteiger partial charge in [0.2, 0.25) is 15.9 Å². The van der Waals surface area contributed by atoms with Crippen molar-refractivity contribution in [1.29, 1.82) is 0 Å². The number of methoxy groups -OCH3 is 1. The lowest BCUT2D eigenvalue weighted by atomic mass is 10.1. The van der Waals surface area contributed by atoms with Gasteiger partial charge < -0.3 is 9.64 Å². The molecular formula is C23H30N2O4S. The largest absolute Gasteiger partial charge is 0.496 e. The fourth-order valence-corrected chi connectivity index (χ4v) is 5.09. The normalized spacial score (nSPS) is 16.0. The molecule has 1 aliphatic rings. The summed E-state index contributed by atoms with van der Waals surface area (Å²) in [6.07, 6.45) is 4.42. The molecule has 0 bridgehead atoms. The first-order chi connectivity index (χ1) is 14.4. The van der Waals surface area contributed by atoms with E-state index in [1.807, 2.05) is 35.2 Å². The zero-order valence-corrected chi connectivity index (χ0v) is 18.5. The molecule has 0 spiro atoms. The summed E-state index contributed by atoms with van der Waals surface area (Å²) in [5.41, 5.74) is 1.64. The van der Waals surface area contributed by atoms with E-state index >= 15 is 0 Å². The monoisotopic (exact) mass is 430 g/mol. The summed E-state index contributed by atoms with van der Waals surface area (Å²) < 4.78 is 34.1. The summed E-state index contributed by atoms with van der Waals surface area (Å²) in [6.45, 7) is 3.14. The Bertz CT molecular complexity index is 952. The lowest BCUT2D eigenvalue weighted by Crippen LogP contribution is -2.49. The number of rotatable bonds is 7. The third kappa shape index (κ3) is 5.61. The number of sulfonamides is 1. The molecule has 0 aromatic heterocycles. The van der Waals surface area contributed by atoms with Crippen molar-refractivity contribution in [1.82, 2.24) is 9.62 Å². The summed E-state index contributed by atoms with van der Waals surface area (Å²) in [6, 6.07) is 13.4. The molecule has 1 saturated heterocycles. The number of benzene rings is 2. The molecule has 0 radical (unpaired) electrons. The van der Waals surface area contributed by atoms with E-state index in [1.54, 1.807) is 26.2 Å². The van der Waals surface area contributed by atoms with Gasteiger partial charge in [-0.1, -0.05) is 43.2 Å². The summed E-state index contributed by atoms with van der Waals surface area (Å²) in [4.78, 5) is 15.2. The zero-order valence-electron chi connectivity index (χ0n) is 17.6. The van der Waals surface area contributed by atoms with Gasteiger partial charge in [0.05, 0.1) is 12.0 Å². The molecule has 1 N–H and O–H groups in total. The second kappa shape index (κ2) is 10.1. The fourth-order valence-electron chi connectivity index (χ4n) is 3.81. The number of nitrogens with one attached hydrogen (secondary N) is 1. The van der Waals surface area contributed by atoms with Gasteiger partial charge >= 0.3 is 0 Å². The van der Waals surface area contributed by atoms with E-state index in [0.29, 0.717) is 25.3 Å². The number of carbonyl (C=O) groups excluding carboxylic acids is 1. The molecule has 7 heteroatoms. The maximum absolute atomic E-state index is 13.3. The highest BCUT2D eigenvalue weighted by molar-refractivity contribution is 7.89. The lowest BCUT2D eigenvalue weighted by Gasteiger charge is -2.27. The van der Waals surface area contributed by atoms with Crippen LogP contribution in [0.15, 0.2) is 53.4 Å². The van der Waals surface area contributed by atoms with Gasteiger partial charge in [-0.2, -0.15) is 4.72 Å². The average Bonchev–Trinajstić information content (AvgIpc) is 3.03. The number of likely N-dealkylation sites (tertiary alicyclic amines) is 1. The molecule has 162 valence electrons. The van der Waals surface area contributed by atoms with E-state index < -0.39 is 16.1 Å². The number of hydrogen-bond donors (Lipinski definition) is 1. The van der Waals surface area contributed by atoms with Crippen LogP contribution in [0.3, 0.4) is 0 Å². The summed E-state index contributed by atoms with van der Waals surface area (Å²) >= 11 is 0. The number of hydrogen-bond acceptors (Lipinski definition) is 4. The molecular weight excluding hydrogens is 400 g/mol. The Morgan fingerprint density at radius 2 is 1.73 bits per heavy atom. The Morgan fingerprint density at radius 3 is 2.33 bits per heavy atom. The second-order valence-corrected chi connectivity index (χ2v) is 9.45. The van der Waals surface area contributed by atoms with Crippen LogP contribution in [0.2, 0.25) is 0 Å². The number of nitrogens with zero attached hydrogens (tertiary/aromatic N) is 1. The van der Waals surface area contributed by atoms with E-state index in [9.17, 15) is 13.2 Å². The highest BCUT2D eigenvalue weighted by atomic mass is 32.2. The Kier molecular flexibility index (Phi) is 7.50. The van der Waals surface area contributed by atoms with Crippen LogP contribution < -0.4 is 9.46 Å². The quantitative estimate of drug-likeness (QED) is 0.731. The predicted molar refractivity (Wildman–Crippen MR) is 117 cm³/mol. The molecule has 1 fully saturated rings. The van der Waals surface area contributed by atoms with E-state index in [-0.39, 0.29) is 10.8 Å². The van der Waals surface area contributed by atoms with E-state index in [0.717, 1.165) is 36.8 Å². The van der Waals surface area contributed by atoms with Crippen LogP contribution in [0.4, 0.5) is 0 Å². The van der Waals surface area contributed by atoms with Crippen molar-refractivity contribution in [2.75, 3.05) is 20.2 Å². The minimum absolute atomic E-state index is 0.127. The Hall–Kier alpha value is -2.38. The van der Waals surface area contributed by atoms with Gasteiger partial charge in [-0.3, -0.25) is 4.79 Å². The maximum atomic E-state index is 13.3. The van der Waals surface area contributed by atoms with Gasteiger partial charge in [0.15, 0.2) is 0 Å². The van der Waals surface area contributed by atoms with Crippen molar-refractivity contribution < 1.29 is 17.9 Å².